The first kappa shape index (κ1) is 23.0. The predicted molar refractivity (Wildman–Crippen MR) is 127 cm³/mol. The predicted octanol–water partition coefficient (Wildman–Crippen LogP) is 5.87. The van der Waals surface area contributed by atoms with Crippen molar-refractivity contribution >= 4 is 34.8 Å². The highest BCUT2D eigenvalue weighted by Gasteiger charge is 2.31. The van der Waals surface area contributed by atoms with Gasteiger partial charge in [-0.25, -0.2) is 0 Å². The van der Waals surface area contributed by atoms with Gasteiger partial charge in [0.05, 0.1) is 6.54 Å². The van der Waals surface area contributed by atoms with Crippen molar-refractivity contribution in [1.29, 1.82) is 0 Å². The van der Waals surface area contributed by atoms with Crippen LogP contribution in [0.15, 0.2) is 72.1 Å². The molecule has 3 rings (SSSR count). The number of amides is 2. The maximum Gasteiger partial charge on any atom is 0.254 e. The molecule has 0 saturated heterocycles. The van der Waals surface area contributed by atoms with E-state index in [9.17, 15) is 9.59 Å². The summed E-state index contributed by atoms with van der Waals surface area (Å²) in [7, 11) is 0. The van der Waals surface area contributed by atoms with E-state index in [-0.39, 0.29) is 18.4 Å². The zero-order valence-corrected chi connectivity index (χ0v) is 19.6. The van der Waals surface area contributed by atoms with Crippen LogP contribution in [0.1, 0.15) is 41.6 Å². The molecule has 0 aliphatic carbocycles. The number of carbonyl (C=O) groups is 2. The summed E-state index contributed by atoms with van der Waals surface area (Å²) in [6.45, 7) is 6.79. The average molecular weight is 455 g/mol. The van der Waals surface area contributed by atoms with Crippen molar-refractivity contribution in [3.05, 3.63) is 93.1 Å². The van der Waals surface area contributed by atoms with Crippen molar-refractivity contribution in [3.8, 4) is 0 Å². The second-order valence-electron chi connectivity index (χ2n) is 8.39. The second kappa shape index (κ2) is 10.1. The lowest BCUT2D eigenvalue weighted by Gasteiger charge is -2.37. The molecule has 0 radical (unpaired) electrons. The highest BCUT2D eigenvalue weighted by atomic mass is 35.5. The number of nitrogens with zero attached hydrogens (tertiary/aromatic N) is 2. The van der Waals surface area contributed by atoms with E-state index in [0.29, 0.717) is 23.7 Å². The van der Waals surface area contributed by atoms with Crippen LogP contribution < -0.4 is 0 Å². The van der Waals surface area contributed by atoms with Crippen molar-refractivity contribution in [2.75, 3.05) is 6.54 Å². The van der Waals surface area contributed by atoms with Gasteiger partial charge in [0.2, 0.25) is 5.91 Å². The van der Waals surface area contributed by atoms with Crippen molar-refractivity contribution in [2.24, 2.45) is 0 Å². The number of carbonyl (C=O) groups excluding carboxylic acids is 2. The molecule has 0 spiro atoms. The molecule has 0 aliphatic heterocycles. The molecule has 31 heavy (non-hydrogen) atoms. The Balaban J connectivity index is 1.84. The first-order valence-electron chi connectivity index (χ1n) is 10.2. The van der Waals surface area contributed by atoms with Crippen molar-refractivity contribution in [2.45, 2.75) is 39.4 Å². The topological polar surface area (TPSA) is 40.6 Å². The molecule has 1 heterocycles. The molecule has 0 atom stereocenters. The van der Waals surface area contributed by atoms with E-state index in [1.807, 2.05) is 73.5 Å². The quantitative estimate of drug-likeness (QED) is 0.447. The van der Waals surface area contributed by atoms with Crippen LogP contribution in [0.3, 0.4) is 0 Å². The number of hydrogen-bond donors (Lipinski definition) is 0. The Bertz CT molecular complexity index is 1010. The number of halogens is 1. The minimum Gasteiger partial charge on any atom is -0.332 e. The van der Waals surface area contributed by atoms with Gasteiger partial charge in [-0.2, -0.15) is 0 Å². The fourth-order valence-electron chi connectivity index (χ4n) is 3.25. The molecule has 0 aliphatic rings. The Hall–Kier alpha value is -2.63. The molecule has 4 nitrogen and oxygen atoms in total. The third-order valence-electron chi connectivity index (χ3n) is 4.92. The molecule has 1 aromatic heterocycles. The van der Waals surface area contributed by atoms with Crippen LogP contribution in [0.25, 0.3) is 0 Å². The van der Waals surface area contributed by atoms with E-state index in [1.54, 1.807) is 40.5 Å². The molecular formula is C25H27ClN2O2S. The van der Waals surface area contributed by atoms with Gasteiger partial charge in [0.25, 0.3) is 5.91 Å². The normalized spacial score (nSPS) is 11.2. The summed E-state index contributed by atoms with van der Waals surface area (Å²) >= 11 is 7.71. The number of thiophene rings is 1. The van der Waals surface area contributed by atoms with E-state index < -0.39 is 5.54 Å². The smallest absolute Gasteiger partial charge is 0.254 e. The van der Waals surface area contributed by atoms with Gasteiger partial charge < -0.3 is 9.80 Å². The van der Waals surface area contributed by atoms with Crippen LogP contribution in [-0.2, 0) is 17.9 Å². The summed E-state index contributed by atoms with van der Waals surface area (Å²) in [5.74, 6) is -0.304. The van der Waals surface area contributed by atoms with Gasteiger partial charge in [0.15, 0.2) is 0 Å². The second-order valence-corrected chi connectivity index (χ2v) is 9.86. The van der Waals surface area contributed by atoms with Crippen LogP contribution in [0.5, 0.6) is 0 Å². The highest BCUT2D eigenvalue weighted by molar-refractivity contribution is 7.09. The summed E-state index contributed by atoms with van der Waals surface area (Å²) < 4.78 is 0. The number of benzene rings is 2. The van der Waals surface area contributed by atoms with E-state index in [1.165, 1.54) is 0 Å². The zero-order valence-electron chi connectivity index (χ0n) is 18.0. The Morgan fingerprint density at radius 2 is 1.68 bits per heavy atom. The van der Waals surface area contributed by atoms with Gasteiger partial charge >= 0.3 is 0 Å². The van der Waals surface area contributed by atoms with Gasteiger partial charge in [-0.1, -0.05) is 54.1 Å². The first-order chi connectivity index (χ1) is 14.7. The van der Waals surface area contributed by atoms with Crippen LogP contribution in [0.4, 0.5) is 0 Å². The molecule has 2 aromatic carbocycles. The molecule has 0 bridgehead atoms. The van der Waals surface area contributed by atoms with Gasteiger partial charge in [-0.15, -0.1) is 11.3 Å². The Kier molecular flexibility index (Phi) is 7.52. The van der Waals surface area contributed by atoms with Crippen LogP contribution in [0, 0.1) is 0 Å². The molecule has 0 unspecified atom stereocenters. The minimum absolute atomic E-state index is 0.00689. The Labute approximate surface area is 193 Å². The van der Waals surface area contributed by atoms with Crippen molar-refractivity contribution in [1.82, 2.24) is 9.80 Å². The van der Waals surface area contributed by atoms with Crippen molar-refractivity contribution in [3.63, 3.8) is 0 Å². The SMILES string of the molecule is CC(C)(C)N(CC(=O)N(Cc1ccccc1)Cc1cccs1)C(=O)c1cccc(Cl)c1. The molecule has 6 heteroatoms. The Morgan fingerprint density at radius 3 is 2.29 bits per heavy atom. The van der Waals surface area contributed by atoms with E-state index >= 15 is 0 Å². The third kappa shape index (κ3) is 6.42. The summed E-state index contributed by atoms with van der Waals surface area (Å²) in [4.78, 5) is 31.3. The van der Waals surface area contributed by atoms with Crippen LogP contribution in [-0.4, -0.2) is 33.7 Å². The fourth-order valence-corrected chi connectivity index (χ4v) is 4.16. The number of hydrogen-bond acceptors (Lipinski definition) is 3. The van der Waals surface area contributed by atoms with Gasteiger partial charge in [-0.3, -0.25) is 9.59 Å². The molecule has 0 saturated carbocycles. The van der Waals surface area contributed by atoms with E-state index in [4.69, 9.17) is 11.6 Å². The summed E-state index contributed by atoms with van der Waals surface area (Å²) in [6.07, 6.45) is 0. The molecular weight excluding hydrogens is 428 g/mol. The van der Waals surface area contributed by atoms with Crippen LogP contribution >= 0.6 is 22.9 Å². The highest BCUT2D eigenvalue weighted by Crippen LogP contribution is 2.21. The molecule has 2 amide bonds. The first-order valence-corrected chi connectivity index (χ1v) is 11.4. The minimum atomic E-state index is -0.531. The summed E-state index contributed by atoms with van der Waals surface area (Å²) in [5.41, 5.74) is 0.995. The third-order valence-corrected chi connectivity index (χ3v) is 6.01. The average Bonchev–Trinajstić information content (AvgIpc) is 3.24. The molecule has 3 aromatic rings. The van der Waals surface area contributed by atoms with Crippen molar-refractivity contribution < 1.29 is 9.59 Å². The monoisotopic (exact) mass is 454 g/mol. The number of rotatable bonds is 7. The lowest BCUT2D eigenvalue weighted by molar-refractivity contribution is -0.134. The van der Waals surface area contributed by atoms with Gasteiger partial charge in [-0.05, 0) is 56.0 Å². The lowest BCUT2D eigenvalue weighted by Crippen LogP contribution is -2.51. The van der Waals surface area contributed by atoms with E-state index in [2.05, 4.69) is 0 Å². The summed E-state index contributed by atoms with van der Waals surface area (Å²) in [5, 5.41) is 2.50. The molecule has 162 valence electrons. The molecule has 0 N–H and O–H groups in total. The zero-order chi connectivity index (χ0) is 22.4. The standard InChI is InChI=1S/C25H27ClN2O2S/c1-25(2,3)28(24(30)20-11-7-12-21(26)15-20)18-23(29)27(17-22-13-8-14-31-22)16-19-9-5-4-6-10-19/h4-15H,16-18H2,1-3H3. The van der Waals surface area contributed by atoms with Gasteiger partial charge in [0.1, 0.15) is 6.54 Å². The molecule has 0 fully saturated rings. The largest absolute Gasteiger partial charge is 0.332 e. The van der Waals surface area contributed by atoms with Crippen LogP contribution in [0.2, 0.25) is 5.02 Å². The maximum atomic E-state index is 13.4. The maximum absolute atomic E-state index is 13.4. The Morgan fingerprint density at radius 1 is 0.935 bits per heavy atom. The van der Waals surface area contributed by atoms with E-state index in [0.717, 1.165) is 10.4 Å². The van der Waals surface area contributed by atoms with Gasteiger partial charge in [0, 0.05) is 27.5 Å². The summed E-state index contributed by atoms with van der Waals surface area (Å²) in [6, 6.07) is 20.8. The fraction of sp³-hybridized carbons (Fsp3) is 0.280. The lowest BCUT2D eigenvalue weighted by atomic mass is 10.0.